The SMILES string of the molecule is O=c1[nH]c(=O)n([C@H]2C[C@@H]3OP(=O)(O)OC[C@H]3O2)cc1F. The van der Waals surface area contributed by atoms with Crippen molar-refractivity contribution in [2.24, 2.45) is 0 Å². The molecule has 2 N–H and O–H groups in total. The van der Waals surface area contributed by atoms with Crippen LogP contribution in [0.4, 0.5) is 4.39 Å². The smallest absolute Gasteiger partial charge is 0.349 e. The van der Waals surface area contributed by atoms with E-state index in [0.29, 0.717) is 0 Å². The number of nitrogens with zero attached hydrogens (tertiary/aromatic N) is 1. The standard InChI is InChI=1S/C9H10FN2O7P/c10-4-2-12(9(14)11-8(4)13)7-1-5-6(18-7)3-17-20(15,16)19-5/h2,5-7H,1,3H2,(H,15,16)(H,11,13,14)/t5-,6+,7+/m0/s1. The molecule has 3 heterocycles. The number of hydrogen-bond donors (Lipinski definition) is 2. The van der Waals surface area contributed by atoms with Crippen molar-refractivity contribution >= 4 is 7.82 Å². The van der Waals surface area contributed by atoms with Crippen molar-refractivity contribution in [3.05, 3.63) is 32.9 Å². The molecule has 1 aromatic rings. The zero-order valence-electron chi connectivity index (χ0n) is 9.89. The Balaban J connectivity index is 1.88. The van der Waals surface area contributed by atoms with E-state index in [-0.39, 0.29) is 13.0 Å². The second-order valence-corrected chi connectivity index (χ2v) is 5.82. The highest BCUT2D eigenvalue weighted by atomic mass is 31.2. The fraction of sp³-hybridized carbons (Fsp3) is 0.556. The second kappa shape index (κ2) is 4.61. The topological polar surface area (TPSA) is 120 Å². The van der Waals surface area contributed by atoms with Crippen molar-refractivity contribution in [1.29, 1.82) is 0 Å². The summed E-state index contributed by atoms with van der Waals surface area (Å²) < 4.78 is 40.2. The van der Waals surface area contributed by atoms with Crippen molar-refractivity contribution < 1.29 is 27.6 Å². The van der Waals surface area contributed by atoms with Gasteiger partial charge in [-0.2, -0.15) is 4.39 Å². The van der Waals surface area contributed by atoms with Crippen molar-refractivity contribution in [2.75, 3.05) is 6.61 Å². The van der Waals surface area contributed by atoms with E-state index in [4.69, 9.17) is 9.26 Å². The Bertz CT molecular complexity index is 700. The third-order valence-electron chi connectivity index (χ3n) is 3.09. The summed E-state index contributed by atoms with van der Waals surface area (Å²) in [4.78, 5) is 33.5. The van der Waals surface area contributed by atoms with E-state index in [1.54, 1.807) is 4.98 Å². The fourth-order valence-corrected chi connectivity index (χ4v) is 3.14. The average molecular weight is 308 g/mol. The van der Waals surface area contributed by atoms with Gasteiger partial charge in [-0.3, -0.25) is 23.4 Å². The highest BCUT2D eigenvalue weighted by Crippen LogP contribution is 2.52. The Hall–Kier alpha value is -1.32. The zero-order chi connectivity index (χ0) is 14.5. The predicted octanol–water partition coefficient (Wildman–Crippen LogP) is -0.521. The Morgan fingerprint density at radius 1 is 1.45 bits per heavy atom. The Morgan fingerprint density at radius 2 is 2.20 bits per heavy atom. The van der Waals surface area contributed by atoms with Gasteiger partial charge in [0.1, 0.15) is 18.4 Å². The lowest BCUT2D eigenvalue weighted by atomic mass is 10.2. The molecule has 1 aromatic heterocycles. The van der Waals surface area contributed by atoms with Gasteiger partial charge in [-0.15, -0.1) is 0 Å². The number of ether oxygens (including phenoxy) is 1. The van der Waals surface area contributed by atoms with Crippen molar-refractivity contribution in [3.63, 3.8) is 0 Å². The quantitative estimate of drug-likeness (QED) is 0.670. The van der Waals surface area contributed by atoms with Crippen LogP contribution in [0.25, 0.3) is 0 Å². The van der Waals surface area contributed by atoms with Gasteiger partial charge in [-0.25, -0.2) is 9.36 Å². The van der Waals surface area contributed by atoms with Crippen molar-refractivity contribution in [1.82, 2.24) is 9.55 Å². The van der Waals surface area contributed by atoms with Crippen LogP contribution >= 0.6 is 7.82 Å². The van der Waals surface area contributed by atoms with Crippen molar-refractivity contribution in [2.45, 2.75) is 24.9 Å². The molecule has 0 radical (unpaired) electrons. The summed E-state index contributed by atoms with van der Waals surface area (Å²) in [6, 6.07) is 0. The van der Waals surface area contributed by atoms with Crippen LogP contribution in [0.5, 0.6) is 0 Å². The number of nitrogens with one attached hydrogen (secondary N) is 1. The first-order valence-corrected chi connectivity index (χ1v) is 7.17. The minimum absolute atomic E-state index is 0.0595. The molecule has 0 amide bonds. The molecule has 0 bridgehead atoms. The number of hydrogen-bond acceptors (Lipinski definition) is 6. The summed E-state index contributed by atoms with van der Waals surface area (Å²) in [6.45, 7) is -0.171. The summed E-state index contributed by atoms with van der Waals surface area (Å²) >= 11 is 0. The number of fused-ring (bicyclic) bond motifs is 1. The van der Waals surface area contributed by atoms with E-state index < -0.39 is 43.3 Å². The third-order valence-corrected chi connectivity index (χ3v) is 4.10. The van der Waals surface area contributed by atoms with Gasteiger partial charge in [0, 0.05) is 6.42 Å². The van der Waals surface area contributed by atoms with Gasteiger partial charge in [0.05, 0.1) is 12.8 Å². The monoisotopic (exact) mass is 308 g/mol. The normalized spacial score (nSPS) is 36.8. The van der Waals surface area contributed by atoms with E-state index in [2.05, 4.69) is 4.52 Å². The van der Waals surface area contributed by atoms with Crippen LogP contribution in [0.15, 0.2) is 15.8 Å². The van der Waals surface area contributed by atoms with E-state index >= 15 is 0 Å². The Labute approximate surface area is 110 Å². The van der Waals surface area contributed by atoms with Crippen LogP contribution in [0, 0.1) is 5.82 Å². The van der Waals surface area contributed by atoms with Gasteiger partial charge in [-0.1, -0.05) is 0 Å². The van der Waals surface area contributed by atoms with E-state index in [9.17, 15) is 23.4 Å². The second-order valence-electron chi connectivity index (χ2n) is 4.42. The summed E-state index contributed by atoms with van der Waals surface area (Å²) in [6.07, 6.45) is -1.51. The largest absolute Gasteiger partial charge is 0.472 e. The Morgan fingerprint density at radius 3 is 2.95 bits per heavy atom. The summed E-state index contributed by atoms with van der Waals surface area (Å²) in [5.74, 6) is -1.13. The predicted molar refractivity (Wildman–Crippen MR) is 60.5 cm³/mol. The fourth-order valence-electron chi connectivity index (χ4n) is 2.18. The molecular weight excluding hydrogens is 298 g/mol. The molecule has 2 saturated heterocycles. The number of phosphoric acid groups is 1. The van der Waals surface area contributed by atoms with Gasteiger partial charge < -0.3 is 9.63 Å². The maximum absolute atomic E-state index is 13.2. The molecule has 0 aliphatic carbocycles. The number of halogens is 1. The molecule has 0 aromatic carbocycles. The summed E-state index contributed by atoms with van der Waals surface area (Å²) in [7, 11) is -4.10. The first-order chi connectivity index (χ1) is 9.35. The molecule has 2 aliphatic rings. The van der Waals surface area contributed by atoms with E-state index in [1.807, 2.05) is 0 Å². The molecule has 11 heteroatoms. The molecule has 9 nitrogen and oxygen atoms in total. The van der Waals surface area contributed by atoms with Crippen LogP contribution in [0.2, 0.25) is 0 Å². The molecule has 3 rings (SSSR count). The highest BCUT2D eigenvalue weighted by Gasteiger charge is 2.46. The lowest BCUT2D eigenvalue weighted by Crippen LogP contribution is -2.34. The number of aromatic nitrogens is 2. The first kappa shape index (κ1) is 13.7. The average Bonchev–Trinajstić information content (AvgIpc) is 2.74. The van der Waals surface area contributed by atoms with Gasteiger partial charge in [-0.05, 0) is 0 Å². The molecule has 0 spiro atoms. The number of phosphoric ester groups is 1. The van der Waals surface area contributed by atoms with Gasteiger partial charge in [0.25, 0.3) is 5.56 Å². The minimum atomic E-state index is -4.10. The lowest BCUT2D eigenvalue weighted by Gasteiger charge is -2.26. The van der Waals surface area contributed by atoms with Crippen LogP contribution in [0.3, 0.4) is 0 Å². The maximum Gasteiger partial charge on any atom is 0.472 e. The van der Waals surface area contributed by atoms with Crippen LogP contribution in [-0.2, 0) is 18.3 Å². The number of H-pyrrole nitrogens is 1. The molecule has 4 atom stereocenters. The summed E-state index contributed by atoms with van der Waals surface area (Å²) in [5, 5.41) is 0. The van der Waals surface area contributed by atoms with Crippen molar-refractivity contribution in [3.8, 4) is 0 Å². The van der Waals surface area contributed by atoms with Crippen LogP contribution < -0.4 is 11.2 Å². The van der Waals surface area contributed by atoms with Crippen LogP contribution in [0.1, 0.15) is 12.6 Å². The minimum Gasteiger partial charge on any atom is -0.349 e. The molecule has 1 unspecified atom stereocenters. The van der Waals surface area contributed by atoms with E-state index in [1.165, 1.54) is 0 Å². The number of aromatic amines is 1. The Kier molecular flexibility index (Phi) is 3.14. The zero-order valence-corrected chi connectivity index (χ0v) is 10.8. The first-order valence-electron chi connectivity index (χ1n) is 5.68. The highest BCUT2D eigenvalue weighted by molar-refractivity contribution is 7.47. The van der Waals surface area contributed by atoms with Gasteiger partial charge in [0.15, 0.2) is 0 Å². The molecule has 20 heavy (non-hydrogen) atoms. The number of rotatable bonds is 1. The molecule has 110 valence electrons. The molecule has 0 saturated carbocycles. The summed E-state index contributed by atoms with van der Waals surface area (Å²) in [5.41, 5.74) is -1.96. The van der Waals surface area contributed by atoms with Crippen LogP contribution in [-0.4, -0.2) is 33.3 Å². The maximum atomic E-state index is 13.2. The van der Waals surface area contributed by atoms with Gasteiger partial charge >= 0.3 is 13.5 Å². The van der Waals surface area contributed by atoms with Gasteiger partial charge in [0.2, 0.25) is 5.82 Å². The lowest BCUT2D eigenvalue weighted by molar-refractivity contribution is -0.0681. The molecule has 2 aliphatic heterocycles. The molecular formula is C9H10FN2O7P. The van der Waals surface area contributed by atoms with E-state index in [0.717, 1.165) is 10.8 Å². The third kappa shape index (κ3) is 2.36. The molecule has 2 fully saturated rings.